The van der Waals surface area contributed by atoms with E-state index in [-0.39, 0.29) is 29.9 Å². The number of rotatable bonds is 8. The molecule has 8 nitrogen and oxygen atoms in total. The Balaban J connectivity index is 1.93. The van der Waals surface area contributed by atoms with Gasteiger partial charge in [0.2, 0.25) is 5.95 Å². The molecule has 9 heteroatoms. The zero-order valence-corrected chi connectivity index (χ0v) is 17.5. The van der Waals surface area contributed by atoms with Gasteiger partial charge in [0.05, 0.1) is 19.3 Å². The molecule has 1 aliphatic heterocycles. The number of nitrogens with zero attached hydrogens (tertiary/aromatic N) is 3. The Morgan fingerprint density at radius 3 is 2.80 bits per heavy atom. The average molecular weight is 417 g/mol. The molecular formula is C21H28FN5O3. The summed E-state index contributed by atoms with van der Waals surface area (Å²) < 4.78 is 19.1. The Bertz CT molecular complexity index is 939. The normalized spacial score (nSPS) is 15.5. The predicted octanol–water partition coefficient (Wildman–Crippen LogP) is 2.76. The Morgan fingerprint density at radius 2 is 2.17 bits per heavy atom. The lowest BCUT2D eigenvalue weighted by Crippen LogP contribution is -2.42. The highest BCUT2D eigenvalue weighted by Gasteiger charge is 2.33. The van der Waals surface area contributed by atoms with Gasteiger partial charge in [-0.3, -0.25) is 4.79 Å². The summed E-state index contributed by atoms with van der Waals surface area (Å²) in [6.07, 6.45) is 3.13. The first-order chi connectivity index (χ1) is 14.3. The fraction of sp³-hybridized carbons (Fsp3) is 0.476. The van der Waals surface area contributed by atoms with Crippen LogP contribution in [0.1, 0.15) is 49.2 Å². The number of aromatic nitrogens is 2. The summed E-state index contributed by atoms with van der Waals surface area (Å²) in [4.78, 5) is 23.1. The lowest BCUT2D eigenvalue weighted by atomic mass is 9.95. The highest BCUT2D eigenvalue weighted by atomic mass is 19.1. The highest BCUT2D eigenvalue weighted by molar-refractivity contribution is 6.07. The van der Waals surface area contributed by atoms with Crippen LogP contribution in [-0.4, -0.2) is 46.8 Å². The number of aliphatic hydroxyl groups is 1. The van der Waals surface area contributed by atoms with E-state index in [0.717, 1.165) is 19.3 Å². The van der Waals surface area contributed by atoms with Crippen molar-refractivity contribution in [2.24, 2.45) is 0 Å². The van der Waals surface area contributed by atoms with Crippen molar-refractivity contribution >= 4 is 23.4 Å². The molecule has 30 heavy (non-hydrogen) atoms. The fourth-order valence-corrected chi connectivity index (χ4v) is 3.57. The van der Waals surface area contributed by atoms with Crippen LogP contribution in [0.25, 0.3) is 0 Å². The fourth-order valence-electron chi connectivity index (χ4n) is 3.57. The minimum atomic E-state index is -0.593. The Kier molecular flexibility index (Phi) is 6.40. The molecule has 0 spiro atoms. The molecule has 0 radical (unpaired) electrons. The van der Waals surface area contributed by atoms with Crippen molar-refractivity contribution in [3.8, 4) is 5.75 Å². The molecule has 0 fully saturated rings. The van der Waals surface area contributed by atoms with Crippen LogP contribution in [0, 0.1) is 5.82 Å². The van der Waals surface area contributed by atoms with Crippen LogP contribution in [0.2, 0.25) is 0 Å². The molecule has 0 aliphatic carbocycles. The van der Waals surface area contributed by atoms with Crippen LogP contribution in [-0.2, 0) is 6.42 Å². The van der Waals surface area contributed by atoms with Gasteiger partial charge in [-0.2, -0.15) is 4.98 Å². The molecule has 1 unspecified atom stereocenters. The van der Waals surface area contributed by atoms with Crippen molar-refractivity contribution in [3.63, 3.8) is 0 Å². The van der Waals surface area contributed by atoms with E-state index in [9.17, 15) is 14.3 Å². The Morgan fingerprint density at radius 1 is 1.40 bits per heavy atom. The minimum absolute atomic E-state index is 0.0388. The molecular weight excluding hydrogens is 389 g/mol. The molecule has 162 valence electrons. The van der Waals surface area contributed by atoms with Crippen molar-refractivity contribution < 1.29 is 19.0 Å². The third kappa shape index (κ3) is 4.30. The molecule has 1 atom stereocenters. The number of ether oxygens (including phenoxy) is 1. The number of nitrogens with two attached hydrogens (primary N) is 1. The maximum absolute atomic E-state index is 14.1. The van der Waals surface area contributed by atoms with Crippen molar-refractivity contribution in [1.82, 2.24) is 9.97 Å². The summed E-state index contributed by atoms with van der Waals surface area (Å²) in [5, 5.41) is 13.2. The maximum atomic E-state index is 14.1. The number of anilines is 3. The van der Waals surface area contributed by atoms with Gasteiger partial charge in [0.15, 0.2) is 11.6 Å². The summed E-state index contributed by atoms with van der Waals surface area (Å²) in [6, 6.07) is 4.37. The summed E-state index contributed by atoms with van der Waals surface area (Å²) >= 11 is 0. The molecule has 1 aliphatic rings. The third-order valence-electron chi connectivity index (χ3n) is 5.36. The van der Waals surface area contributed by atoms with Crippen LogP contribution in [0.15, 0.2) is 18.2 Å². The minimum Gasteiger partial charge on any atom is -0.494 e. The first-order valence-corrected chi connectivity index (χ1v) is 10.0. The van der Waals surface area contributed by atoms with E-state index in [4.69, 9.17) is 10.5 Å². The van der Waals surface area contributed by atoms with Crippen molar-refractivity contribution in [2.75, 3.05) is 36.2 Å². The van der Waals surface area contributed by atoms with Crippen LogP contribution in [0.3, 0.4) is 0 Å². The second kappa shape index (κ2) is 8.83. The van der Waals surface area contributed by atoms with Crippen LogP contribution in [0.5, 0.6) is 5.75 Å². The van der Waals surface area contributed by atoms with E-state index < -0.39 is 11.4 Å². The van der Waals surface area contributed by atoms with Gasteiger partial charge in [-0.1, -0.05) is 19.8 Å². The van der Waals surface area contributed by atoms with Crippen LogP contribution >= 0.6 is 0 Å². The zero-order valence-electron chi connectivity index (χ0n) is 17.5. The van der Waals surface area contributed by atoms with Gasteiger partial charge in [-0.05, 0) is 31.9 Å². The number of carbonyl (C=O) groups excluding carboxylic acids is 1. The van der Waals surface area contributed by atoms with E-state index in [2.05, 4.69) is 22.2 Å². The van der Waals surface area contributed by atoms with Crippen molar-refractivity contribution in [1.29, 1.82) is 0 Å². The van der Waals surface area contributed by atoms with E-state index >= 15 is 0 Å². The SMILES string of the molecule is CCCCC(C)(CO)Nc1nc(N)nc2c1CCN(c1ccc(OC)c(F)c1)C2=O. The molecule has 1 amide bonds. The number of carbonyl (C=O) groups is 1. The average Bonchev–Trinajstić information content (AvgIpc) is 2.73. The Labute approximate surface area is 175 Å². The van der Waals surface area contributed by atoms with Gasteiger partial charge in [0.25, 0.3) is 5.91 Å². The topological polar surface area (TPSA) is 114 Å². The maximum Gasteiger partial charge on any atom is 0.277 e. The summed E-state index contributed by atoms with van der Waals surface area (Å²) in [5.74, 6) is -0.399. The van der Waals surface area contributed by atoms with Gasteiger partial charge in [-0.15, -0.1) is 0 Å². The molecule has 4 N–H and O–H groups in total. The number of nitrogen functional groups attached to an aromatic ring is 1. The molecule has 3 rings (SSSR count). The van der Waals surface area contributed by atoms with Crippen LogP contribution < -0.4 is 20.7 Å². The van der Waals surface area contributed by atoms with Gasteiger partial charge >= 0.3 is 0 Å². The quantitative estimate of drug-likeness (QED) is 0.605. The number of hydrogen-bond acceptors (Lipinski definition) is 7. The number of unbranched alkanes of at least 4 members (excludes halogenated alkanes) is 1. The first-order valence-electron chi connectivity index (χ1n) is 10.0. The second-order valence-corrected chi connectivity index (χ2v) is 7.73. The van der Waals surface area contributed by atoms with E-state index in [1.807, 2.05) is 6.92 Å². The van der Waals surface area contributed by atoms with Gasteiger partial charge < -0.3 is 25.8 Å². The van der Waals surface area contributed by atoms with Gasteiger partial charge in [0.1, 0.15) is 11.5 Å². The molecule has 1 aromatic heterocycles. The summed E-state index contributed by atoms with van der Waals surface area (Å²) in [5.41, 5.74) is 6.53. The largest absolute Gasteiger partial charge is 0.494 e. The first kappa shape index (κ1) is 21.8. The standard InChI is InChI=1S/C21H28FN5O3/c1-4-5-9-21(2,12-28)26-18-14-8-10-27(19(29)17(14)24-20(23)25-18)13-6-7-16(30-3)15(22)11-13/h6-7,11,28H,4-5,8-10,12H2,1-3H3,(H3,23,24,25,26). The third-order valence-corrected chi connectivity index (χ3v) is 5.36. The molecule has 0 saturated carbocycles. The number of fused-ring (bicyclic) bond motifs is 1. The van der Waals surface area contributed by atoms with Crippen molar-refractivity contribution in [3.05, 3.63) is 35.3 Å². The lowest BCUT2D eigenvalue weighted by Gasteiger charge is -2.33. The number of nitrogens with one attached hydrogen (secondary N) is 1. The predicted molar refractivity (Wildman–Crippen MR) is 113 cm³/mol. The van der Waals surface area contributed by atoms with Crippen molar-refractivity contribution in [2.45, 2.75) is 45.1 Å². The number of amides is 1. The van der Waals surface area contributed by atoms with E-state index in [1.54, 1.807) is 6.07 Å². The summed E-state index contributed by atoms with van der Waals surface area (Å²) in [6.45, 7) is 4.24. The number of methoxy groups -OCH3 is 1. The van der Waals surface area contributed by atoms with Gasteiger partial charge in [-0.25, -0.2) is 9.37 Å². The second-order valence-electron chi connectivity index (χ2n) is 7.73. The summed E-state index contributed by atoms with van der Waals surface area (Å²) in [7, 11) is 1.38. The number of hydrogen-bond donors (Lipinski definition) is 3. The van der Waals surface area contributed by atoms with E-state index in [1.165, 1.54) is 24.1 Å². The Hall–Kier alpha value is -2.94. The number of aliphatic hydroxyl groups excluding tert-OH is 1. The van der Waals surface area contributed by atoms with Gasteiger partial charge in [0, 0.05) is 23.9 Å². The van der Waals surface area contributed by atoms with Crippen LogP contribution in [0.4, 0.5) is 21.8 Å². The lowest BCUT2D eigenvalue weighted by molar-refractivity contribution is 0.0975. The monoisotopic (exact) mass is 417 g/mol. The number of benzene rings is 1. The molecule has 2 aromatic rings. The molecule has 1 aromatic carbocycles. The van der Waals surface area contributed by atoms with E-state index in [0.29, 0.717) is 30.0 Å². The smallest absolute Gasteiger partial charge is 0.277 e. The highest BCUT2D eigenvalue weighted by Crippen LogP contribution is 2.31. The number of halogens is 1. The molecule has 0 bridgehead atoms. The molecule has 2 heterocycles. The zero-order chi connectivity index (χ0) is 21.9. The molecule has 0 saturated heterocycles.